The lowest BCUT2D eigenvalue weighted by atomic mass is 10.0. The molecule has 0 aromatic heterocycles. The van der Waals surface area contributed by atoms with Gasteiger partial charge in [-0.05, 0) is 48.1 Å². The van der Waals surface area contributed by atoms with Crippen LogP contribution in [0, 0.1) is 11.6 Å². The Balaban J connectivity index is 2.17. The Bertz CT molecular complexity index is 1130. The molecule has 0 radical (unpaired) electrons. The van der Waals surface area contributed by atoms with Crippen molar-refractivity contribution in [1.29, 1.82) is 0 Å². The van der Waals surface area contributed by atoms with Crippen LogP contribution in [0.1, 0.15) is 56.7 Å². The van der Waals surface area contributed by atoms with E-state index in [2.05, 4.69) is 0 Å². The van der Waals surface area contributed by atoms with Crippen LogP contribution in [0.15, 0.2) is 42.5 Å². The van der Waals surface area contributed by atoms with Gasteiger partial charge in [-0.15, -0.1) is 0 Å². The molecule has 7 nitrogen and oxygen atoms in total. The van der Waals surface area contributed by atoms with Crippen molar-refractivity contribution in [3.8, 4) is 0 Å². The molecule has 0 saturated heterocycles. The van der Waals surface area contributed by atoms with Crippen LogP contribution in [0.4, 0.5) is 8.78 Å². The zero-order valence-electron chi connectivity index (χ0n) is 22.6. The monoisotopic (exact) mass is 553 g/mol. The summed E-state index contributed by atoms with van der Waals surface area (Å²) in [7, 11) is -3.62. The zero-order chi connectivity index (χ0) is 28.3. The summed E-state index contributed by atoms with van der Waals surface area (Å²) in [5.74, 6) is -2.24. The summed E-state index contributed by atoms with van der Waals surface area (Å²) in [5.41, 5.74) is 8.36. The number of aliphatic hydroxyl groups excluding tert-OH is 1. The Morgan fingerprint density at radius 3 is 2.29 bits per heavy atom. The Morgan fingerprint density at radius 1 is 1.03 bits per heavy atom. The van der Waals surface area contributed by atoms with Gasteiger partial charge in [0.05, 0.1) is 11.9 Å². The van der Waals surface area contributed by atoms with Crippen molar-refractivity contribution >= 4 is 15.9 Å². The molecule has 0 aliphatic heterocycles. The fourth-order valence-electron chi connectivity index (χ4n) is 4.25. The van der Waals surface area contributed by atoms with Crippen molar-refractivity contribution in [2.45, 2.75) is 71.6 Å². The molecule has 212 valence electrons. The van der Waals surface area contributed by atoms with Crippen LogP contribution in [-0.4, -0.2) is 66.2 Å². The number of hydrogen-bond acceptors (Lipinski definition) is 5. The number of unbranched alkanes of at least 4 members (excludes halogenated alkanes) is 1. The maximum atomic E-state index is 13.6. The summed E-state index contributed by atoms with van der Waals surface area (Å²) in [6.07, 6.45) is 0.960. The second-order valence-corrected chi connectivity index (χ2v) is 11.7. The maximum absolute atomic E-state index is 13.6. The molecule has 2 atom stereocenters. The van der Waals surface area contributed by atoms with E-state index in [-0.39, 0.29) is 31.7 Å². The molecule has 2 aromatic carbocycles. The summed E-state index contributed by atoms with van der Waals surface area (Å²) in [4.78, 5) is 14.7. The molecule has 0 spiro atoms. The number of carbonyl (C=O) groups is 1. The van der Waals surface area contributed by atoms with Crippen LogP contribution in [0.25, 0.3) is 0 Å². The van der Waals surface area contributed by atoms with Gasteiger partial charge < -0.3 is 15.7 Å². The van der Waals surface area contributed by atoms with E-state index < -0.39 is 39.7 Å². The Kier molecular flexibility index (Phi) is 12.8. The lowest BCUT2D eigenvalue weighted by Gasteiger charge is -2.29. The summed E-state index contributed by atoms with van der Waals surface area (Å²) in [6.45, 7) is 6.52. The Hall–Kier alpha value is -2.40. The number of rotatable bonds is 16. The predicted octanol–water partition coefficient (Wildman–Crippen LogP) is 3.63. The summed E-state index contributed by atoms with van der Waals surface area (Å²) in [5, 5.41) is 10.8. The molecule has 0 aliphatic rings. The number of aryl methyl sites for hydroxylation is 1. The van der Waals surface area contributed by atoms with Crippen LogP contribution >= 0.6 is 0 Å². The number of amides is 1. The normalized spacial score (nSPS) is 13.5. The molecule has 0 bridgehead atoms. The van der Waals surface area contributed by atoms with Gasteiger partial charge in [0.2, 0.25) is 15.9 Å². The predicted molar refractivity (Wildman–Crippen MR) is 146 cm³/mol. The highest BCUT2D eigenvalue weighted by molar-refractivity contribution is 7.89. The summed E-state index contributed by atoms with van der Waals surface area (Å²) < 4.78 is 54.3. The van der Waals surface area contributed by atoms with E-state index in [0.29, 0.717) is 18.7 Å². The molecule has 0 heterocycles. The molecule has 10 heteroatoms. The Morgan fingerprint density at radius 2 is 1.68 bits per heavy atom. The Labute approximate surface area is 225 Å². The fraction of sp³-hybridized carbons (Fsp3) is 0.536. The van der Waals surface area contributed by atoms with E-state index in [9.17, 15) is 27.1 Å². The van der Waals surface area contributed by atoms with Crippen molar-refractivity contribution in [3.63, 3.8) is 0 Å². The van der Waals surface area contributed by atoms with Crippen molar-refractivity contribution in [3.05, 3.63) is 70.8 Å². The molecule has 2 rings (SSSR count). The number of carbonyl (C=O) groups excluding carboxylic acids is 1. The second kappa shape index (κ2) is 15.3. The molecule has 0 unspecified atom stereocenters. The van der Waals surface area contributed by atoms with Crippen LogP contribution in [-0.2, 0) is 34.2 Å². The minimum absolute atomic E-state index is 0.000461. The number of nitrogens with two attached hydrogens (primary N) is 1. The van der Waals surface area contributed by atoms with Gasteiger partial charge in [0, 0.05) is 44.7 Å². The molecule has 3 N–H and O–H groups in total. The number of aliphatic hydroxyl groups is 1. The van der Waals surface area contributed by atoms with Crippen molar-refractivity contribution in [1.82, 2.24) is 9.21 Å². The third kappa shape index (κ3) is 10.1. The highest BCUT2D eigenvalue weighted by Gasteiger charge is 2.26. The quantitative estimate of drug-likeness (QED) is 0.331. The number of nitrogens with zero attached hydrogens (tertiary/aromatic N) is 2. The van der Waals surface area contributed by atoms with Gasteiger partial charge in [-0.2, -0.15) is 0 Å². The van der Waals surface area contributed by atoms with Crippen molar-refractivity contribution in [2.75, 3.05) is 25.4 Å². The molecule has 0 saturated carbocycles. The SMILES string of the molecule is CCCCN(CC)S(=O)(=O)CCC(=O)N(Cc1cccc(CC)c1)C[C@@H](O)[C@@H](N)Cc1cc(F)cc(F)c1. The summed E-state index contributed by atoms with van der Waals surface area (Å²) in [6, 6.07) is 9.84. The first-order valence-electron chi connectivity index (χ1n) is 13.2. The topological polar surface area (TPSA) is 104 Å². The van der Waals surface area contributed by atoms with Gasteiger partial charge in [0.1, 0.15) is 11.6 Å². The first-order chi connectivity index (χ1) is 18.0. The van der Waals surface area contributed by atoms with E-state index >= 15 is 0 Å². The molecular weight excluding hydrogens is 512 g/mol. The van der Waals surface area contributed by atoms with Crippen LogP contribution in [0.2, 0.25) is 0 Å². The smallest absolute Gasteiger partial charge is 0.224 e. The largest absolute Gasteiger partial charge is 0.390 e. The van der Waals surface area contributed by atoms with Crippen LogP contribution in [0.3, 0.4) is 0 Å². The minimum Gasteiger partial charge on any atom is -0.390 e. The van der Waals surface area contributed by atoms with Crippen LogP contribution in [0.5, 0.6) is 0 Å². The number of hydrogen-bond donors (Lipinski definition) is 2. The van der Waals surface area contributed by atoms with E-state index in [1.807, 2.05) is 38.1 Å². The number of sulfonamides is 1. The third-order valence-electron chi connectivity index (χ3n) is 6.50. The zero-order valence-corrected chi connectivity index (χ0v) is 23.4. The lowest BCUT2D eigenvalue weighted by molar-refractivity contribution is -0.133. The molecule has 0 aliphatic carbocycles. The second-order valence-electron chi connectivity index (χ2n) is 9.57. The van der Waals surface area contributed by atoms with Gasteiger partial charge in [-0.25, -0.2) is 21.5 Å². The van der Waals surface area contributed by atoms with Gasteiger partial charge in [-0.1, -0.05) is 51.5 Å². The highest BCUT2D eigenvalue weighted by Crippen LogP contribution is 2.15. The van der Waals surface area contributed by atoms with E-state index in [1.165, 1.54) is 9.21 Å². The number of halogens is 2. The molecule has 0 fully saturated rings. The average Bonchev–Trinajstić information content (AvgIpc) is 2.86. The molecular formula is C28H41F2N3O4S. The third-order valence-corrected chi connectivity index (χ3v) is 8.45. The molecule has 38 heavy (non-hydrogen) atoms. The maximum Gasteiger partial charge on any atom is 0.224 e. The van der Waals surface area contributed by atoms with Gasteiger partial charge in [-0.3, -0.25) is 4.79 Å². The lowest BCUT2D eigenvalue weighted by Crippen LogP contribution is -2.46. The van der Waals surface area contributed by atoms with E-state index in [4.69, 9.17) is 5.73 Å². The first-order valence-corrected chi connectivity index (χ1v) is 14.8. The minimum atomic E-state index is -3.62. The average molecular weight is 554 g/mol. The van der Waals surface area contributed by atoms with E-state index in [1.54, 1.807) is 6.92 Å². The van der Waals surface area contributed by atoms with E-state index in [0.717, 1.165) is 48.6 Å². The molecule has 2 aromatic rings. The van der Waals surface area contributed by atoms with Crippen LogP contribution < -0.4 is 5.73 Å². The van der Waals surface area contributed by atoms with Crippen molar-refractivity contribution in [2.24, 2.45) is 5.73 Å². The highest BCUT2D eigenvalue weighted by atomic mass is 32.2. The number of benzene rings is 2. The fourth-order valence-corrected chi connectivity index (χ4v) is 5.74. The standard InChI is InChI=1S/C28H41F2N3O4S/c1-4-7-12-33(6-3)38(36,37)13-11-28(35)32(19-22-10-8-9-21(5-2)14-22)20-27(34)26(31)17-23-15-24(29)18-25(30)16-23/h8-10,14-16,18,26-27,34H,4-7,11-13,17,19-20,31H2,1-3H3/t26-,27+/m0/s1. The van der Waals surface area contributed by atoms with Gasteiger partial charge in [0.25, 0.3) is 0 Å². The molecule has 1 amide bonds. The summed E-state index contributed by atoms with van der Waals surface area (Å²) >= 11 is 0. The first kappa shape index (κ1) is 31.8. The van der Waals surface area contributed by atoms with Crippen molar-refractivity contribution < 1.29 is 27.1 Å². The van der Waals surface area contributed by atoms with Gasteiger partial charge >= 0.3 is 0 Å². The van der Waals surface area contributed by atoms with Gasteiger partial charge in [0.15, 0.2) is 0 Å².